The maximum atomic E-state index is 12.8. The van der Waals surface area contributed by atoms with E-state index in [0.29, 0.717) is 11.3 Å². The lowest BCUT2D eigenvalue weighted by Crippen LogP contribution is -2.08. The Morgan fingerprint density at radius 2 is 2.11 bits per heavy atom. The number of rotatable bonds is 3. The van der Waals surface area contributed by atoms with Crippen molar-refractivity contribution in [2.75, 3.05) is 0 Å². The lowest BCUT2D eigenvalue weighted by molar-refractivity contribution is 0.0681. The van der Waals surface area contributed by atoms with Crippen molar-refractivity contribution in [3.8, 4) is 11.5 Å². The Labute approximate surface area is 107 Å². The fourth-order valence-electron chi connectivity index (χ4n) is 1.56. The number of aromatic nitrogens is 3. The van der Waals surface area contributed by atoms with Crippen LogP contribution in [0.5, 0.6) is 0 Å². The molecule has 0 spiro atoms. The third kappa shape index (κ3) is 2.54. The number of aryl methyl sites for hydroxylation is 1. The van der Waals surface area contributed by atoms with E-state index in [0.717, 1.165) is 6.20 Å². The molecule has 7 heteroatoms. The Kier molecular flexibility index (Phi) is 3.46. The molecule has 0 unspecified atom stereocenters. The van der Waals surface area contributed by atoms with Crippen LogP contribution in [0.1, 0.15) is 28.0 Å². The molecule has 0 atom stereocenters. The molecule has 0 radical (unpaired) electrons. The van der Waals surface area contributed by atoms with Crippen molar-refractivity contribution in [1.82, 2.24) is 15.0 Å². The monoisotopic (exact) mass is 265 g/mol. The first-order valence-corrected chi connectivity index (χ1v) is 5.31. The van der Waals surface area contributed by atoms with Gasteiger partial charge in [-0.05, 0) is 18.6 Å². The summed E-state index contributed by atoms with van der Waals surface area (Å²) in [5, 5.41) is 8.80. The number of hydrogen-bond acceptors (Lipinski definition) is 4. The lowest BCUT2D eigenvalue weighted by atomic mass is 10.2. The minimum Gasteiger partial charge on any atom is -0.478 e. The second kappa shape index (κ2) is 5.05. The highest BCUT2D eigenvalue weighted by Crippen LogP contribution is 2.24. The summed E-state index contributed by atoms with van der Waals surface area (Å²) in [5.74, 6) is -1.50. The molecular weight excluding hydrogens is 256 g/mol. The van der Waals surface area contributed by atoms with E-state index in [1.165, 1.54) is 6.20 Å². The summed E-state index contributed by atoms with van der Waals surface area (Å²) in [4.78, 5) is 22.2. The van der Waals surface area contributed by atoms with Crippen LogP contribution in [0.2, 0.25) is 0 Å². The van der Waals surface area contributed by atoms with Gasteiger partial charge in [0, 0.05) is 12.4 Å². The standard InChI is InChI=1S/C12H9F2N3O2/c1-6-3-2-4-15-8(6)11-16-5-7(12(18)19)9(17-11)10(13)14/h2-5,10H,1H3,(H,18,19). The van der Waals surface area contributed by atoms with Gasteiger partial charge in [-0.3, -0.25) is 4.98 Å². The Bertz CT molecular complexity index is 632. The van der Waals surface area contributed by atoms with Gasteiger partial charge in [-0.2, -0.15) is 0 Å². The fourth-order valence-corrected chi connectivity index (χ4v) is 1.56. The number of pyridine rings is 1. The summed E-state index contributed by atoms with van der Waals surface area (Å²) in [6, 6.07) is 3.43. The highest BCUT2D eigenvalue weighted by atomic mass is 19.3. The summed E-state index contributed by atoms with van der Waals surface area (Å²) in [7, 11) is 0. The topological polar surface area (TPSA) is 76.0 Å². The number of carboxylic acids is 1. The third-order valence-corrected chi connectivity index (χ3v) is 2.48. The Hall–Kier alpha value is -2.44. The fraction of sp³-hybridized carbons (Fsp3) is 0.167. The first kappa shape index (κ1) is 13.0. The molecule has 0 amide bonds. The Morgan fingerprint density at radius 3 is 2.68 bits per heavy atom. The summed E-state index contributed by atoms with van der Waals surface area (Å²) in [6.07, 6.45) is -0.629. The molecule has 2 rings (SSSR count). The molecule has 0 fully saturated rings. The lowest BCUT2D eigenvalue weighted by Gasteiger charge is -2.07. The van der Waals surface area contributed by atoms with Gasteiger partial charge in [0.05, 0.1) is 0 Å². The average Bonchev–Trinajstić information content (AvgIpc) is 2.38. The molecule has 0 saturated heterocycles. The SMILES string of the molecule is Cc1cccnc1-c1ncc(C(=O)O)c(C(F)F)n1. The van der Waals surface area contributed by atoms with Gasteiger partial charge in [0.1, 0.15) is 17.0 Å². The van der Waals surface area contributed by atoms with Gasteiger partial charge in [-0.15, -0.1) is 0 Å². The number of aromatic carboxylic acids is 1. The number of carbonyl (C=O) groups is 1. The van der Waals surface area contributed by atoms with Crippen molar-refractivity contribution in [2.45, 2.75) is 13.3 Å². The van der Waals surface area contributed by atoms with Crippen molar-refractivity contribution in [3.05, 3.63) is 41.3 Å². The van der Waals surface area contributed by atoms with Gasteiger partial charge in [-0.25, -0.2) is 23.5 Å². The number of carboxylic acid groups (broad SMARTS) is 1. The van der Waals surface area contributed by atoms with E-state index in [2.05, 4.69) is 15.0 Å². The van der Waals surface area contributed by atoms with Crippen molar-refractivity contribution in [1.29, 1.82) is 0 Å². The van der Waals surface area contributed by atoms with Crippen LogP contribution in [0, 0.1) is 6.92 Å². The summed E-state index contributed by atoms with van der Waals surface area (Å²) < 4.78 is 25.6. The molecule has 0 aliphatic carbocycles. The molecule has 2 aromatic rings. The average molecular weight is 265 g/mol. The van der Waals surface area contributed by atoms with Crippen LogP contribution in [0.25, 0.3) is 11.5 Å². The van der Waals surface area contributed by atoms with Gasteiger partial charge in [0.2, 0.25) is 0 Å². The van der Waals surface area contributed by atoms with E-state index in [1.807, 2.05) is 0 Å². The molecule has 0 aliphatic rings. The van der Waals surface area contributed by atoms with Crippen LogP contribution >= 0.6 is 0 Å². The highest BCUT2D eigenvalue weighted by molar-refractivity contribution is 5.88. The van der Waals surface area contributed by atoms with E-state index in [-0.39, 0.29) is 5.82 Å². The first-order valence-electron chi connectivity index (χ1n) is 5.31. The molecule has 2 aromatic heterocycles. The number of hydrogen-bond donors (Lipinski definition) is 1. The van der Waals surface area contributed by atoms with Crippen LogP contribution in [0.15, 0.2) is 24.5 Å². The largest absolute Gasteiger partial charge is 0.478 e. The molecule has 1 N–H and O–H groups in total. The molecule has 0 bridgehead atoms. The quantitative estimate of drug-likeness (QED) is 0.922. The molecule has 0 aromatic carbocycles. The predicted molar refractivity (Wildman–Crippen MR) is 61.9 cm³/mol. The van der Waals surface area contributed by atoms with Crippen LogP contribution in [0.4, 0.5) is 8.78 Å². The van der Waals surface area contributed by atoms with E-state index in [9.17, 15) is 13.6 Å². The molecule has 0 saturated carbocycles. The second-order valence-electron chi connectivity index (χ2n) is 3.77. The number of halogens is 2. The summed E-state index contributed by atoms with van der Waals surface area (Å²) in [6.45, 7) is 1.73. The van der Waals surface area contributed by atoms with Crippen molar-refractivity contribution >= 4 is 5.97 Å². The van der Waals surface area contributed by atoms with Crippen LogP contribution in [0.3, 0.4) is 0 Å². The van der Waals surface area contributed by atoms with E-state index in [1.54, 1.807) is 19.1 Å². The molecular formula is C12H9F2N3O2. The molecule has 0 aliphatic heterocycles. The Morgan fingerprint density at radius 1 is 1.37 bits per heavy atom. The zero-order valence-corrected chi connectivity index (χ0v) is 9.84. The van der Waals surface area contributed by atoms with E-state index < -0.39 is 23.7 Å². The normalized spacial score (nSPS) is 10.7. The van der Waals surface area contributed by atoms with Gasteiger partial charge < -0.3 is 5.11 Å². The van der Waals surface area contributed by atoms with E-state index >= 15 is 0 Å². The van der Waals surface area contributed by atoms with E-state index in [4.69, 9.17) is 5.11 Å². The molecule has 98 valence electrons. The molecule has 19 heavy (non-hydrogen) atoms. The second-order valence-corrected chi connectivity index (χ2v) is 3.77. The minimum atomic E-state index is -2.99. The van der Waals surface area contributed by atoms with Crippen LogP contribution in [-0.2, 0) is 0 Å². The number of alkyl halides is 2. The first-order chi connectivity index (χ1) is 9.00. The maximum absolute atomic E-state index is 12.8. The van der Waals surface area contributed by atoms with Gasteiger partial charge in [-0.1, -0.05) is 6.07 Å². The van der Waals surface area contributed by atoms with Gasteiger partial charge >= 0.3 is 5.97 Å². The highest BCUT2D eigenvalue weighted by Gasteiger charge is 2.22. The maximum Gasteiger partial charge on any atom is 0.339 e. The zero-order valence-electron chi connectivity index (χ0n) is 9.84. The predicted octanol–water partition coefficient (Wildman–Crippen LogP) is 2.48. The smallest absolute Gasteiger partial charge is 0.339 e. The van der Waals surface area contributed by atoms with Gasteiger partial charge in [0.15, 0.2) is 5.82 Å². The van der Waals surface area contributed by atoms with Crippen molar-refractivity contribution in [2.24, 2.45) is 0 Å². The van der Waals surface area contributed by atoms with Crippen LogP contribution in [-0.4, -0.2) is 26.0 Å². The van der Waals surface area contributed by atoms with Crippen molar-refractivity contribution < 1.29 is 18.7 Å². The molecule has 5 nitrogen and oxygen atoms in total. The van der Waals surface area contributed by atoms with Gasteiger partial charge in [0.25, 0.3) is 6.43 Å². The van der Waals surface area contributed by atoms with Crippen LogP contribution < -0.4 is 0 Å². The summed E-state index contributed by atoms with van der Waals surface area (Å²) >= 11 is 0. The minimum absolute atomic E-state index is 0.0154. The van der Waals surface area contributed by atoms with Crippen molar-refractivity contribution in [3.63, 3.8) is 0 Å². The number of nitrogens with zero attached hydrogens (tertiary/aromatic N) is 3. The zero-order chi connectivity index (χ0) is 14.0. The third-order valence-electron chi connectivity index (χ3n) is 2.48. The molecule has 2 heterocycles. The Balaban J connectivity index is 2.59. The summed E-state index contributed by atoms with van der Waals surface area (Å²) in [5.41, 5.74) is -0.345.